The predicted molar refractivity (Wildman–Crippen MR) is 39.8 cm³/mol. The normalized spacial score (nSPS) is 12.0. The molecule has 50 valence electrons. The summed E-state index contributed by atoms with van der Waals surface area (Å²) < 4.78 is 5.39. The summed E-state index contributed by atoms with van der Waals surface area (Å²) in [6.45, 7) is 7.03. The van der Waals surface area contributed by atoms with Gasteiger partial charge in [-0.3, -0.25) is 0 Å². The Morgan fingerprint density at radius 2 is 2.00 bits per heavy atom. The van der Waals surface area contributed by atoms with E-state index in [4.69, 9.17) is 16.0 Å². The van der Waals surface area contributed by atoms with E-state index < -0.39 is 8.32 Å². The van der Waals surface area contributed by atoms with Crippen LogP contribution in [-0.2, 0) is 4.43 Å². The Balaban J connectivity index is 3.37. The fourth-order valence-corrected chi connectivity index (χ4v) is 1.52. The average molecular weight is 153 g/mol. The van der Waals surface area contributed by atoms with E-state index in [9.17, 15) is 0 Å². The zero-order valence-electron chi connectivity index (χ0n) is 5.70. The Morgan fingerprint density at radius 1 is 1.50 bits per heavy atom. The Labute approximate surface area is 57.1 Å². The molecule has 1 nitrogen and oxygen atoms in total. The highest BCUT2D eigenvalue weighted by Crippen LogP contribution is 2.04. The van der Waals surface area contributed by atoms with Crippen molar-refractivity contribution in [3.8, 4) is 0 Å². The van der Waals surface area contributed by atoms with E-state index in [1.165, 1.54) is 0 Å². The maximum Gasteiger partial charge on any atom is 0.201 e. The van der Waals surface area contributed by atoms with Gasteiger partial charge in [0, 0.05) is 12.1 Å². The van der Waals surface area contributed by atoms with Crippen molar-refractivity contribution in [2.45, 2.75) is 20.0 Å². The molecule has 0 bridgehead atoms. The molecule has 0 aliphatic rings. The molecule has 0 heterocycles. The molecule has 0 saturated carbocycles. The molecule has 0 amide bonds. The van der Waals surface area contributed by atoms with E-state index in [0.29, 0.717) is 5.50 Å². The highest BCUT2D eigenvalue weighted by Gasteiger charge is 2.18. The van der Waals surface area contributed by atoms with Crippen LogP contribution in [0.1, 0.15) is 6.92 Å². The summed E-state index contributed by atoms with van der Waals surface area (Å²) in [6, 6.07) is 0. The highest BCUT2D eigenvalue weighted by molar-refractivity contribution is 6.77. The first-order valence-corrected chi connectivity index (χ1v) is 6.47. The quantitative estimate of drug-likeness (QED) is 0.444. The van der Waals surface area contributed by atoms with Crippen molar-refractivity contribution in [2.75, 3.05) is 12.1 Å². The largest absolute Gasteiger partial charge is 0.416 e. The molecule has 0 saturated heterocycles. The van der Waals surface area contributed by atoms with Crippen LogP contribution in [0.3, 0.4) is 0 Å². The van der Waals surface area contributed by atoms with E-state index in [0.717, 1.165) is 6.61 Å². The second kappa shape index (κ2) is 3.48. The van der Waals surface area contributed by atoms with Gasteiger partial charge in [0.1, 0.15) is 0 Å². The summed E-state index contributed by atoms with van der Waals surface area (Å²) in [5.41, 5.74) is 0.695. The number of halogens is 1. The summed E-state index contributed by atoms with van der Waals surface area (Å²) in [6.07, 6.45) is 0. The Hall–Kier alpha value is 0.467. The van der Waals surface area contributed by atoms with Gasteiger partial charge in [-0.1, -0.05) is 0 Å². The summed E-state index contributed by atoms with van der Waals surface area (Å²) in [5, 5.41) is 0. The van der Waals surface area contributed by atoms with Crippen molar-refractivity contribution in [1.82, 2.24) is 0 Å². The second-order valence-electron chi connectivity index (χ2n) is 2.33. The van der Waals surface area contributed by atoms with E-state index >= 15 is 0 Å². The van der Waals surface area contributed by atoms with Gasteiger partial charge in [-0.25, -0.2) is 0 Å². The van der Waals surface area contributed by atoms with Crippen LogP contribution in [0.2, 0.25) is 13.1 Å². The van der Waals surface area contributed by atoms with Crippen molar-refractivity contribution >= 4 is 19.9 Å². The van der Waals surface area contributed by atoms with E-state index in [1.807, 2.05) is 6.92 Å². The number of rotatable bonds is 3. The van der Waals surface area contributed by atoms with Crippen molar-refractivity contribution in [3.63, 3.8) is 0 Å². The lowest BCUT2D eigenvalue weighted by Crippen LogP contribution is -2.32. The lowest BCUT2D eigenvalue weighted by molar-refractivity contribution is 0.333. The zero-order chi connectivity index (χ0) is 6.62. The lowest BCUT2D eigenvalue weighted by Gasteiger charge is -2.17. The van der Waals surface area contributed by atoms with Gasteiger partial charge in [0.15, 0.2) is 0 Å². The SMILES string of the molecule is CCO[Si](C)(C)CCl. The minimum atomic E-state index is -1.41. The van der Waals surface area contributed by atoms with Crippen LogP contribution in [0.15, 0.2) is 0 Å². The molecule has 0 atom stereocenters. The molecule has 0 fully saturated rings. The van der Waals surface area contributed by atoms with E-state index in [2.05, 4.69) is 13.1 Å². The van der Waals surface area contributed by atoms with Crippen molar-refractivity contribution in [3.05, 3.63) is 0 Å². The number of hydrogen-bond donors (Lipinski definition) is 0. The molecule has 8 heavy (non-hydrogen) atoms. The minimum Gasteiger partial charge on any atom is -0.416 e. The summed E-state index contributed by atoms with van der Waals surface area (Å²) in [4.78, 5) is 0. The van der Waals surface area contributed by atoms with Crippen LogP contribution in [0, 0.1) is 0 Å². The molecule has 0 unspecified atom stereocenters. The fraction of sp³-hybridized carbons (Fsp3) is 1.00. The van der Waals surface area contributed by atoms with E-state index in [-0.39, 0.29) is 0 Å². The molecule has 0 aromatic heterocycles. The minimum absolute atomic E-state index is 0.695. The fourth-order valence-electron chi connectivity index (χ4n) is 0.429. The molecular formula is C5H13ClOSi. The van der Waals surface area contributed by atoms with E-state index in [1.54, 1.807) is 0 Å². The van der Waals surface area contributed by atoms with Gasteiger partial charge in [-0.2, -0.15) is 0 Å². The van der Waals surface area contributed by atoms with Gasteiger partial charge in [0.05, 0.1) is 0 Å². The first-order chi connectivity index (χ1) is 3.62. The molecule has 0 aliphatic heterocycles. The van der Waals surface area contributed by atoms with Crippen LogP contribution >= 0.6 is 11.6 Å². The molecule has 0 aliphatic carbocycles. The molecule has 0 rings (SSSR count). The van der Waals surface area contributed by atoms with Crippen molar-refractivity contribution in [1.29, 1.82) is 0 Å². The third kappa shape index (κ3) is 3.47. The van der Waals surface area contributed by atoms with Crippen molar-refractivity contribution in [2.24, 2.45) is 0 Å². The van der Waals surface area contributed by atoms with Gasteiger partial charge in [-0.05, 0) is 20.0 Å². The molecular weight excluding hydrogens is 140 g/mol. The zero-order valence-corrected chi connectivity index (χ0v) is 7.46. The first-order valence-electron chi connectivity index (χ1n) is 2.82. The third-order valence-electron chi connectivity index (χ3n) is 0.857. The van der Waals surface area contributed by atoms with Crippen LogP contribution in [0.25, 0.3) is 0 Å². The Bertz CT molecular complexity index is 65.4. The van der Waals surface area contributed by atoms with Crippen LogP contribution in [0.4, 0.5) is 0 Å². The molecule has 0 N–H and O–H groups in total. The van der Waals surface area contributed by atoms with Gasteiger partial charge in [0.25, 0.3) is 0 Å². The van der Waals surface area contributed by atoms with Crippen molar-refractivity contribution < 1.29 is 4.43 Å². The lowest BCUT2D eigenvalue weighted by atomic mass is 10.9. The van der Waals surface area contributed by atoms with Crippen LogP contribution < -0.4 is 0 Å². The first kappa shape index (κ1) is 8.47. The number of hydrogen-bond acceptors (Lipinski definition) is 1. The topological polar surface area (TPSA) is 9.23 Å². The van der Waals surface area contributed by atoms with Gasteiger partial charge in [0.2, 0.25) is 8.32 Å². The molecule has 3 heteroatoms. The average Bonchev–Trinajstić information content (AvgIpc) is 1.67. The number of alkyl halides is 1. The maximum atomic E-state index is 5.61. The summed E-state index contributed by atoms with van der Waals surface area (Å²) >= 11 is 5.61. The second-order valence-corrected chi connectivity index (χ2v) is 7.20. The monoisotopic (exact) mass is 152 g/mol. The molecule has 0 aromatic rings. The Kier molecular flexibility index (Phi) is 3.69. The molecule has 0 aromatic carbocycles. The summed E-state index contributed by atoms with van der Waals surface area (Å²) in [7, 11) is -1.41. The van der Waals surface area contributed by atoms with Gasteiger partial charge >= 0.3 is 0 Å². The van der Waals surface area contributed by atoms with Gasteiger partial charge < -0.3 is 4.43 Å². The maximum absolute atomic E-state index is 5.61. The predicted octanol–water partition coefficient (Wildman–Crippen LogP) is 2.01. The summed E-state index contributed by atoms with van der Waals surface area (Å²) in [5.74, 6) is 0. The smallest absolute Gasteiger partial charge is 0.201 e. The Morgan fingerprint density at radius 3 is 2.12 bits per heavy atom. The van der Waals surface area contributed by atoms with Crippen LogP contribution in [-0.4, -0.2) is 20.4 Å². The molecule has 0 radical (unpaired) electrons. The van der Waals surface area contributed by atoms with Gasteiger partial charge in [-0.15, -0.1) is 11.6 Å². The molecule has 0 spiro atoms. The highest BCUT2D eigenvalue weighted by atomic mass is 35.5. The van der Waals surface area contributed by atoms with Crippen LogP contribution in [0.5, 0.6) is 0 Å². The third-order valence-corrected chi connectivity index (χ3v) is 4.50. The standard InChI is InChI=1S/C5H13ClOSi/c1-4-7-8(2,3)5-6/h4-5H2,1-3H3.